The Morgan fingerprint density at radius 2 is 1.89 bits per heavy atom. The summed E-state index contributed by atoms with van der Waals surface area (Å²) in [4.78, 5) is 12.1. The number of carbonyl (C=O) groups excluding carboxylic acids is 1. The van der Waals surface area contributed by atoms with E-state index in [0.29, 0.717) is 10.6 Å². The molecule has 0 aromatic heterocycles. The molecule has 1 atom stereocenters. The lowest BCUT2D eigenvalue weighted by molar-refractivity contribution is -0.137. The standard InChI is InChI=1S/C12H16F3N3O/c1-8(16)9-3-5-10(6-4-9)17-11(19)18(2)7-12(13,14)15/h3-6,8H,7,16H2,1-2H3,(H,17,19). The van der Waals surface area contributed by atoms with Crippen LogP contribution in [-0.2, 0) is 0 Å². The Balaban J connectivity index is 2.61. The smallest absolute Gasteiger partial charge is 0.324 e. The fraction of sp³-hybridized carbons (Fsp3) is 0.417. The SMILES string of the molecule is CC(N)c1ccc(NC(=O)N(C)CC(F)(F)F)cc1. The van der Waals surface area contributed by atoms with Gasteiger partial charge in [-0.25, -0.2) is 4.79 Å². The number of rotatable bonds is 3. The van der Waals surface area contributed by atoms with Gasteiger partial charge in [-0.15, -0.1) is 0 Å². The molecule has 0 bridgehead atoms. The minimum atomic E-state index is -4.41. The van der Waals surface area contributed by atoms with Gasteiger partial charge in [0.1, 0.15) is 6.54 Å². The number of carbonyl (C=O) groups is 1. The van der Waals surface area contributed by atoms with Gasteiger partial charge in [-0.1, -0.05) is 12.1 Å². The molecule has 0 heterocycles. The second-order valence-electron chi connectivity index (χ2n) is 4.31. The van der Waals surface area contributed by atoms with E-state index in [0.717, 1.165) is 12.6 Å². The van der Waals surface area contributed by atoms with E-state index in [4.69, 9.17) is 5.73 Å². The molecule has 0 fully saturated rings. The highest BCUT2D eigenvalue weighted by atomic mass is 19.4. The molecule has 1 aromatic carbocycles. The van der Waals surface area contributed by atoms with Crippen LogP contribution in [0.15, 0.2) is 24.3 Å². The Morgan fingerprint density at radius 1 is 1.37 bits per heavy atom. The first-order valence-electron chi connectivity index (χ1n) is 5.63. The zero-order chi connectivity index (χ0) is 14.6. The summed E-state index contributed by atoms with van der Waals surface area (Å²) in [7, 11) is 1.08. The third-order valence-electron chi connectivity index (χ3n) is 2.45. The summed E-state index contributed by atoms with van der Waals surface area (Å²) in [5, 5.41) is 2.38. The predicted molar refractivity (Wildman–Crippen MR) is 66.7 cm³/mol. The molecule has 7 heteroatoms. The van der Waals surface area contributed by atoms with Gasteiger partial charge in [0, 0.05) is 18.8 Å². The van der Waals surface area contributed by atoms with Gasteiger partial charge in [-0.2, -0.15) is 13.2 Å². The average molecular weight is 275 g/mol. The van der Waals surface area contributed by atoms with Crippen LogP contribution in [0.25, 0.3) is 0 Å². The van der Waals surface area contributed by atoms with Crippen LogP contribution in [0.4, 0.5) is 23.7 Å². The molecule has 0 saturated carbocycles. The second kappa shape index (κ2) is 5.92. The fourth-order valence-corrected chi connectivity index (χ4v) is 1.43. The van der Waals surface area contributed by atoms with Crippen molar-refractivity contribution in [1.82, 2.24) is 4.90 Å². The first-order chi connectivity index (χ1) is 8.69. The number of benzene rings is 1. The van der Waals surface area contributed by atoms with Crippen molar-refractivity contribution in [2.45, 2.75) is 19.1 Å². The number of halogens is 3. The number of hydrogen-bond donors (Lipinski definition) is 2. The highest BCUT2D eigenvalue weighted by molar-refractivity contribution is 5.89. The Labute approximate surface area is 109 Å². The van der Waals surface area contributed by atoms with Gasteiger partial charge < -0.3 is 16.0 Å². The molecule has 1 aromatic rings. The summed E-state index contributed by atoms with van der Waals surface area (Å²) in [6.07, 6.45) is -4.41. The summed E-state index contributed by atoms with van der Waals surface area (Å²) in [6.45, 7) is 0.515. The first kappa shape index (κ1) is 15.3. The number of alkyl halides is 3. The molecule has 0 spiro atoms. The van der Waals surface area contributed by atoms with E-state index in [1.165, 1.54) is 0 Å². The van der Waals surface area contributed by atoms with Gasteiger partial charge in [-0.05, 0) is 24.6 Å². The topological polar surface area (TPSA) is 58.4 Å². The highest BCUT2D eigenvalue weighted by Crippen LogP contribution is 2.17. The molecule has 3 N–H and O–H groups in total. The molecule has 0 aliphatic heterocycles. The number of anilines is 1. The molecule has 4 nitrogen and oxygen atoms in total. The number of nitrogens with two attached hydrogens (primary N) is 1. The number of nitrogens with one attached hydrogen (secondary N) is 1. The van der Waals surface area contributed by atoms with Crippen LogP contribution < -0.4 is 11.1 Å². The average Bonchev–Trinajstić information content (AvgIpc) is 2.27. The molecule has 1 rings (SSSR count). The van der Waals surface area contributed by atoms with Gasteiger partial charge >= 0.3 is 12.2 Å². The molecular formula is C12H16F3N3O. The van der Waals surface area contributed by atoms with Crippen molar-refractivity contribution in [2.75, 3.05) is 18.9 Å². The van der Waals surface area contributed by atoms with Crippen LogP contribution in [0.1, 0.15) is 18.5 Å². The third kappa shape index (κ3) is 5.17. The fourth-order valence-electron chi connectivity index (χ4n) is 1.43. The van der Waals surface area contributed by atoms with Crippen molar-refractivity contribution in [3.63, 3.8) is 0 Å². The Kier molecular flexibility index (Phi) is 4.77. The summed E-state index contributed by atoms with van der Waals surface area (Å²) in [5.74, 6) is 0. The number of hydrogen-bond acceptors (Lipinski definition) is 2. The van der Waals surface area contributed by atoms with Gasteiger partial charge in [0.2, 0.25) is 0 Å². The van der Waals surface area contributed by atoms with Crippen LogP contribution in [0.3, 0.4) is 0 Å². The maximum Gasteiger partial charge on any atom is 0.406 e. The Bertz CT molecular complexity index is 429. The van der Waals surface area contributed by atoms with Crippen LogP contribution in [0.5, 0.6) is 0 Å². The molecular weight excluding hydrogens is 259 g/mol. The van der Waals surface area contributed by atoms with Crippen molar-refractivity contribution in [3.05, 3.63) is 29.8 Å². The van der Waals surface area contributed by atoms with E-state index in [2.05, 4.69) is 5.32 Å². The van der Waals surface area contributed by atoms with Gasteiger partial charge in [0.05, 0.1) is 0 Å². The first-order valence-corrected chi connectivity index (χ1v) is 5.63. The summed E-state index contributed by atoms with van der Waals surface area (Å²) in [6, 6.07) is 5.66. The second-order valence-corrected chi connectivity index (χ2v) is 4.31. The molecule has 0 radical (unpaired) electrons. The zero-order valence-corrected chi connectivity index (χ0v) is 10.7. The predicted octanol–water partition coefficient (Wildman–Crippen LogP) is 2.73. The van der Waals surface area contributed by atoms with Crippen LogP contribution in [0, 0.1) is 0 Å². The van der Waals surface area contributed by atoms with E-state index in [-0.39, 0.29) is 6.04 Å². The van der Waals surface area contributed by atoms with E-state index >= 15 is 0 Å². The van der Waals surface area contributed by atoms with Gasteiger partial charge in [0.25, 0.3) is 0 Å². The molecule has 0 saturated heterocycles. The lowest BCUT2D eigenvalue weighted by Crippen LogP contribution is -2.38. The summed E-state index contributed by atoms with van der Waals surface area (Å²) >= 11 is 0. The zero-order valence-electron chi connectivity index (χ0n) is 10.7. The number of urea groups is 1. The Morgan fingerprint density at radius 3 is 2.32 bits per heavy atom. The lowest BCUT2D eigenvalue weighted by atomic mass is 10.1. The monoisotopic (exact) mass is 275 g/mol. The maximum atomic E-state index is 12.1. The van der Waals surface area contributed by atoms with Crippen molar-refractivity contribution in [1.29, 1.82) is 0 Å². The van der Waals surface area contributed by atoms with E-state index in [9.17, 15) is 18.0 Å². The number of amides is 2. The molecule has 0 aliphatic carbocycles. The minimum absolute atomic E-state index is 0.141. The maximum absolute atomic E-state index is 12.1. The van der Waals surface area contributed by atoms with Crippen molar-refractivity contribution in [2.24, 2.45) is 5.73 Å². The lowest BCUT2D eigenvalue weighted by Gasteiger charge is -2.19. The minimum Gasteiger partial charge on any atom is -0.324 e. The van der Waals surface area contributed by atoms with Gasteiger partial charge in [0.15, 0.2) is 0 Å². The third-order valence-corrected chi connectivity index (χ3v) is 2.45. The molecule has 1 unspecified atom stereocenters. The quantitative estimate of drug-likeness (QED) is 0.891. The van der Waals surface area contributed by atoms with Crippen LogP contribution >= 0.6 is 0 Å². The van der Waals surface area contributed by atoms with Crippen molar-refractivity contribution < 1.29 is 18.0 Å². The Hall–Kier alpha value is -1.76. The van der Waals surface area contributed by atoms with E-state index < -0.39 is 18.8 Å². The highest BCUT2D eigenvalue weighted by Gasteiger charge is 2.31. The molecule has 19 heavy (non-hydrogen) atoms. The van der Waals surface area contributed by atoms with E-state index in [1.54, 1.807) is 24.3 Å². The van der Waals surface area contributed by atoms with Crippen LogP contribution in [-0.4, -0.2) is 30.7 Å². The normalized spacial score (nSPS) is 12.9. The molecule has 106 valence electrons. The summed E-state index contributed by atoms with van der Waals surface area (Å²) < 4.78 is 36.3. The van der Waals surface area contributed by atoms with Crippen molar-refractivity contribution in [3.8, 4) is 0 Å². The van der Waals surface area contributed by atoms with Crippen molar-refractivity contribution >= 4 is 11.7 Å². The summed E-state index contributed by atoms with van der Waals surface area (Å²) in [5.41, 5.74) is 6.96. The van der Waals surface area contributed by atoms with Crippen LogP contribution in [0.2, 0.25) is 0 Å². The largest absolute Gasteiger partial charge is 0.406 e. The van der Waals surface area contributed by atoms with Gasteiger partial charge in [-0.3, -0.25) is 0 Å². The molecule has 2 amide bonds. The van der Waals surface area contributed by atoms with E-state index in [1.807, 2.05) is 6.92 Å². The molecule has 0 aliphatic rings. The number of nitrogens with zero attached hydrogens (tertiary/aromatic N) is 1.